The molecule has 0 aromatic rings. The second-order valence-electron chi connectivity index (χ2n) is 6.85. The number of aliphatic hydroxyl groups excluding tert-OH is 2. The van der Waals surface area contributed by atoms with Gasteiger partial charge in [-0.3, -0.25) is 4.79 Å². The van der Waals surface area contributed by atoms with E-state index >= 15 is 0 Å². The van der Waals surface area contributed by atoms with Crippen molar-refractivity contribution in [1.82, 2.24) is 0 Å². The van der Waals surface area contributed by atoms with E-state index in [0.717, 1.165) is 25.7 Å². The summed E-state index contributed by atoms with van der Waals surface area (Å²) in [5, 5.41) is 17.7. The van der Waals surface area contributed by atoms with Gasteiger partial charge in [0.05, 0.1) is 6.61 Å². The lowest BCUT2D eigenvalue weighted by Crippen LogP contribution is -2.21. The van der Waals surface area contributed by atoms with E-state index in [4.69, 9.17) is 14.9 Å². The highest BCUT2D eigenvalue weighted by Crippen LogP contribution is 2.10. The average Bonchev–Trinajstić information content (AvgIpc) is 2.62. The molecule has 5 heteroatoms. The van der Waals surface area contributed by atoms with E-state index in [1.54, 1.807) is 0 Å². The quantitative estimate of drug-likeness (QED) is 0.214. The number of rotatable bonds is 18. The van der Waals surface area contributed by atoms with E-state index in [1.165, 1.54) is 57.8 Å². The predicted octanol–water partition coefficient (Wildman–Crippen LogP) is 4.10. The van der Waals surface area contributed by atoms with Crippen molar-refractivity contribution in [2.45, 2.75) is 103 Å². The highest BCUT2D eigenvalue weighted by atomic mass is 16.5. The summed E-state index contributed by atoms with van der Waals surface area (Å²) in [6.45, 7) is 1.77. The Morgan fingerprint density at radius 1 is 0.885 bits per heavy atom. The highest BCUT2D eigenvalue weighted by molar-refractivity contribution is 5.69. The van der Waals surface area contributed by atoms with Crippen LogP contribution in [-0.2, 0) is 9.53 Å². The Kier molecular flexibility index (Phi) is 23.2. The standard InChI is InChI=1S/C21H40O4.H2O/c1-2-3-4-5-6-7-8-9-10-11-12-13-14-15-16-17-21(24)25-19-20(23)18-22;/h9-10,20,22-23H,2-8,11-19H2,1H3;1H2/b10-9-;. The number of carbonyl (C=O) groups excluding carboxylic acids is 1. The number of hydrogen-bond donors (Lipinski definition) is 2. The second-order valence-corrected chi connectivity index (χ2v) is 6.85. The van der Waals surface area contributed by atoms with Gasteiger partial charge in [0.25, 0.3) is 0 Å². The number of ether oxygens (including phenoxy) is 1. The third-order valence-electron chi connectivity index (χ3n) is 4.29. The molecule has 0 fully saturated rings. The number of aliphatic hydroxyl groups is 2. The molecule has 26 heavy (non-hydrogen) atoms. The topological polar surface area (TPSA) is 98.3 Å². The summed E-state index contributed by atoms with van der Waals surface area (Å²) in [6.07, 6.45) is 20.1. The molecule has 0 heterocycles. The van der Waals surface area contributed by atoms with Gasteiger partial charge >= 0.3 is 5.97 Å². The molecule has 156 valence electrons. The van der Waals surface area contributed by atoms with E-state index in [9.17, 15) is 4.79 Å². The largest absolute Gasteiger partial charge is 0.463 e. The molecule has 1 unspecified atom stereocenters. The van der Waals surface area contributed by atoms with Crippen LogP contribution in [0, 0.1) is 0 Å². The van der Waals surface area contributed by atoms with Crippen LogP contribution in [0.1, 0.15) is 96.8 Å². The SMILES string of the molecule is CCCCCCCC/C=C\CCCCCCCC(=O)OCC(O)CO.O. The molecule has 0 radical (unpaired) electrons. The molecular formula is C21H42O5. The van der Waals surface area contributed by atoms with Gasteiger partial charge in [0, 0.05) is 6.42 Å². The normalized spacial score (nSPS) is 12.1. The average molecular weight is 375 g/mol. The summed E-state index contributed by atoms with van der Waals surface area (Å²) >= 11 is 0. The van der Waals surface area contributed by atoms with E-state index in [0.29, 0.717) is 6.42 Å². The third-order valence-corrected chi connectivity index (χ3v) is 4.29. The maximum Gasteiger partial charge on any atom is 0.305 e. The fourth-order valence-electron chi connectivity index (χ4n) is 2.65. The molecule has 4 N–H and O–H groups in total. The maximum absolute atomic E-state index is 11.4. The van der Waals surface area contributed by atoms with Crippen molar-refractivity contribution in [1.29, 1.82) is 0 Å². The van der Waals surface area contributed by atoms with Gasteiger partial charge in [-0.05, 0) is 32.1 Å². The minimum Gasteiger partial charge on any atom is -0.463 e. The first kappa shape index (κ1) is 27.3. The Hall–Kier alpha value is -0.910. The lowest BCUT2D eigenvalue weighted by Gasteiger charge is -2.08. The van der Waals surface area contributed by atoms with Gasteiger partial charge in [-0.2, -0.15) is 0 Å². The van der Waals surface area contributed by atoms with E-state index in [-0.39, 0.29) is 24.7 Å². The minimum absolute atomic E-state index is 0. The lowest BCUT2D eigenvalue weighted by molar-refractivity contribution is -0.147. The van der Waals surface area contributed by atoms with Crippen LogP contribution in [0.5, 0.6) is 0 Å². The lowest BCUT2D eigenvalue weighted by atomic mass is 10.1. The first-order chi connectivity index (χ1) is 12.2. The van der Waals surface area contributed by atoms with Gasteiger partial charge in [-0.1, -0.05) is 70.4 Å². The van der Waals surface area contributed by atoms with Gasteiger partial charge in [-0.15, -0.1) is 0 Å². The summed E-state index contributed by atoms with van der Waals surface area (Å²) in [7, 11) is 0. The Bertz CT molecular complexity index is 318. The fourth-order valence-corrected chi connectivity index (χ4v) is 2.65. The Labute approximate surface area is 160 Å². The van der Waals surface area contributed by atoms with Gasteiger partial charge in [0.1, 0.15) is 12.7 Å². The van der Waals surface area contributed by atoms with Gasteiger partial charge in [0.2, 0.25) is 0 Å². The van der Waals surface area contributed by atoms with E-state index in [2.05, 4.69) is 19.1 Å². The molecule has 0 aromatic heterocycles. The molecule has 0 saturated heterocycles. The number of allylic oxidation sites excluding steroid dienone is 2. The number of unbranched alkanes of at least 4 members (excludes halogenated alkanes) is 11. The number of esters is 1. The minimum atomic E-state index is -0.960. The van der Waals surface area contributed by atoms with Crippen molar-refractivity contribution < 1.29 is 25.2 Å². The van der Waals surface area contributed by atoms with Crippen molar-refractivity contribution in [2.75, 3.05) is 13.2 Å². The molecule has 0 aromatic carbocycles. The predicted molar refractivity (Wildman–Crippen MR) is 107 cm³/mol. The van der Waals surface area contributed by atoms with Crippen molar-refractivity contribution in [3.05, 3.63) is 12.2 Å². The summed E-state index contributed by atoms with van der Waals surface area (Å²) in [5.41, 5.74) is 0. The molecular weight excluding hydrogens is 332 g/mol. The molecule has 0 aliphatic carbocycles. The smallest absolute Gasteiger partial charge is 0.305 e. The highest BCUT2D eigenvalue weighted by Gasteiger charge is 2.07. The van der Waals surface area contributed by atoms with E-state index in [1.807, 2.05) is 0 Å². The van der Waals surface area contributed by atoms with Gasteiger partial charge in [0.15, 0.2) is 0 Å². The summed E-state index contributed by atoms with van der Waals surface area (Å²) in [5.74, 6) is -0.287. The Morgan fingerprint density at radius 2 is 1.38 bits per heavy atom. The van der Waals surface area contributed by atoms with Crippen LogP contribution in [0.4, 0.5) is 0 Å². The fraction of sp³-hybridized carbons (Fsp3) is 0.857. The van der Waals surface area contributed by atoms with Crippen molar-refractivity contribution in [3.63, 3.8) is 0 Å². The zero-order valence-electron chi connectivity index (χ0n) is 16.8. The van der Waals surface area contributed by atoms with Crippen molar-refractivity contribution in [3.8, 4) is 0 Å². The Balaban J connectivity index is 0. The van der Waals surface area contributed by atoms with Crippen molar-refractivity contribution >= 4 is 5.97 Å². The molecule has 0 rings (SSSR count). The van der Waals surface area contributed by atoms with Crippen LogP contribution in [0.15, 0.2) is 12.2 Å². The molecule has 5 nitrogen and oxygen atoms in total. The van der Waals surface area contributed by atoms with Crippen LogP contribution in [0.3, 0.4) is 0 Å². The molecule has 0 amide bonds. The van der Waals surface area contributed by atoms with Crippen LogP contribution in [0.2, 0.25) is 0 Å². The summed E-state index contributed by atoms with van der Waals surface area (Å²) in [4.78, 5) is 11.4. The molecule has 0 aliphatic rings. The second kappa shape index (κ2) is 22.1. The number of carbonyl (C=O) groups is 1. The zero-order chi connectivity index (χ0) is 18.6. The molecule has 0 bridgehead atoms. The first-order valence-corrected chi connectivity index (χ1v) is 10.3. The van der Waals surface area contributed by atoms with Crippen LogP contribution in [0.25, 0.3) is 0 Å². The Morgan fingerprint density at radius 3 is 1.92 bits per heavy atom. The zero-order valence-corrected chi connectivity index (χ0v) is 16.8. The third kappa shape index (κ3) is 21.1. The molecule has 0 saturated carbocycles. The van der Waals surface area contributed by atoms with Crippen molar-refractivity contribution in [2.24, 2.45) is 0 Å². The first-order valence-electron chi connectivity index (χ1n) is 10.3. The van der Waals surface area contributed by atoms with Crippen LogP contribution < -0.4 is 0 Å². The number of hydrogen-bond acceptors (Lipinski definition) is 4. The van der Waals surface area contributed by atoms with Gasteiger partial charge < -0.3 is 20.4 Å². The summed E-state index contributed by atoms with van der Waals surface area (Å²) < 4.78 is 4.86. The van der Waals surface area contributed by atoms with Crippen LogP contribution >= 0.6 is 0 Å². The van der Waals surface area contributed by atoms with E-state index < -0.39 is 6.10 Å². The molecule has 0 aliphatic heterocycles. The molecule has 1 atom stereocenters. The monoisotopic (exact) mass is 374 g/mol. The summed E-state index contributed by atoms with van der Waals surface area (Å²) in [6, 6.07) is 0. The van der Waals surface area contributed by atoms with Gasteiger partial charge in [-0.25, -0.2) is 0 Å². The molecule has 0 spiro atoms. The van der Waals surface area contributed by atoms with Crippen LogP contribution in [-0.4, -0.2) is 41.0 Å². The maximum atomic E-state index is 11.4.